The number of fused-ring (bicyclic) bond motifs is 1. The number of hydrogen-bond acceptors (Lipinski definition) is 5. The van der Waals surface area contributed by atoms with Crippen LogP contribution < -0.4 is 5.32 Å². The molecule has 3 heterocycles. The monoisotopic (exact) mass is 384 g/mol. The molecule has 2 fully saturated rings. The molecule has 2 aliphatic rings. The molecule has 140 valence electrons. The van der Waals surface area contributed by atoms with Crippen molar-refractivity contribution >= 4 is 35.0 Å². The topological polar surface area (TPSA) is 84.3 Å². The first-order valence-corrected chi connectivity index (χ1v) is 9.77. The highest BCUT2D eigenvalue weighted by atomic mass is 32.2. The third-order valence-electron chi connectivity index (χ3n) is 5.19. The highest BCUT2D eigenvalue weighted by Gasteiger charge is 2.52. The summed E-state index contributed by atoms with van der Waals surface area (Å²) < 4.78 is 1.67. The molecule has 0 unspecified atom stereocenters. The molecule has 4 rings (SSSR count). The number of ketones is 1. The summed E-state index contributed by atoms with van der Waals surface area (Å²) in [5.74, 6) is 0.639. The van der Waals surface area contributed by atoms with E-state index < -0.39 is 6.04 Å². The zero-order valence-electron chi connectivity index (χ0n) is 15.1. The molecule has 0 aliphatic carbocycles. The van der Waals surface area contributed by atoms with Gasteiger partial charge in [0.05, 0.1) is 4.87 Å². The van der Waals surface area contributed by atoms with E-state index in [1.807, 2.05) is 6.92 Å². The van der Waals surface area contributed by atoms with Gasteiger partial charge in [-0.25, -0.2) is 4.98 Å². The Morgan fingerprint density at radius 1 is 1.30 bits per heavy atom. The first-order valence-electron chi connectivity index (χ1n) is 8.78. The molecule has 0 radical (unpaired) electrons. The Morgan fingerprint density at radius 2 is 2.04 bits per heavy atom. The van der Waals surface area contributed by atoms with Gasteiger partial charge in [0, 0.05) is 42.9 Å². The molecule has 27 heavy (non-hydrogen) atoms. The van der Waals surface area contributed by atoms with E-state index in [9.17, 15) is 14.4 Å². The summed E-state index contributed by atoms with van der Waals surface area (Å²) in [7, 11) is 1.77. The van der Waals surface area contributed by atoms with E-state index in [4.69, 9.17) is 0 Å². The van der Waals surface area contributed by atoms with Gasteiger partial charge < -0.3 is 14.8 Å². The Labute approximate surface area is 161 Å². The average Bonchev–Trinajstić information content (AvgIpc) is 3.30. The fourth-order valence-corrected chi connectivity index (χ4v) is 5.09. The SMILES string of the molecule is Cn1ccnc1C(=O)c1ccc(NC(=O)[C@@H]2CS[C@]3(C)CCC(=O)N23)cc1. The smallest absolute Gasteiger partial charge is 0.248 e. The van der Waals surface area contributed by atoms with Crippen molar-refractivity contribution in [3.05, 3.63) is 48.0 Å². The van der Waals surface area contributed by atoms with Crippen molar-refractivity contribution in [3.63, 3.8) is 0 Å². The van der Waals surface area contributed by atoms with Crippen LogP contribution in [0.25, 0.3) is 0 Å². The number of amides is 2. The van der Waals surface area contributed by atoms with Gasteiger partial charge in [-0.2, -0.15) is 0 Å². The molecule has 2 saturated heterocycles. The minimum absolute atomic E-state index is 0.0404. The van der Waals surface area contributed by atoms with Gasteiger partial charge in [0.15, 0.2) is 5.82 Å². The lowest BCUT2D eigenvalue weighted by molar-refractivity contribution is -0.135. The molecule has 0 saturated carbocycles. The minimum Gasteiger partial charge on any atom is -0.331 e. The van der Waals surface area contributed by atoms with Crippen LogP contribution in [0.15, 0.2) is 36.7 Å². The van der Waals surface area contributed by atoms with E-state index in [1.165, 1.54) is 0 Å². The summed E-state index contributed by atoms with van der Waals surface area (Å²) in [5.41, 5.74) is 1.10. The van der Waals surface area contributed by atoms with Crippen LogP contribution in [0.4, 0.5) is 5.69 Å². The lowest BCUT2D eigenvalue weighted by Crippen LogP contribution is -2.48. The van der Waals surface area contributed by atoms with Gasteiger partial charge in [-0.3, -0.25) is 14.4 Å². The third-order valence-corrected chi connectivity index (χ3v) is 6.69. The summed E-state index contributed by atoms with van der Waals surface area (Å²) in [5, 5.41) is 2.87. The van der Waals surface area contributed by atoms with Gasteiger partial charge in [-0.1, -0.05) is 0 Å². The van der Waals surface area contributed by atoms with Crippen LogP contribution in [0.2, 0.25) is 0 Å². The van der Waals surface area contributed by atoms with Crippen LogP contribution in [0, 0.1) is 0 Å². The summed E-state index contributed by atoms with van der Waals surface area (Å²) in [6, 6.07) is 6.27. The van der Waals surface area contributed by atoms with Crippen LogP contribution >= 0.6 is 11.8 Å². The van der Waals surface area contributed by atoms with Crippen molar-refractivity contribution < 1.29 is 14.4 Å². The van der Waals surface area contributed by atoms with Crippen molar-refractivity contribution in [2.45, 2.75) is 30.7 Å². The highest BCUT2D eigenvalue weighted by molar-refractivity contribution is 8.01. The van der Waals surface area contributed by atoms with E-state index in [0.29, 0.717) is 29.2 Å². The second-order valence-corrected chi connectivity index (χ2v) is 8.52. The predicted molar refractivity (Wildman–Crippen MR) is 102 cm³/mol. The van der Waals surface area contributed by atoms with Crippen molar-refractivity contribution in [2.75, 3.05) is 11.1 Å². The molecule has 7 nitrogen and oxygen atoms in total. The van der Waals surface area contributed by atoms with Crippen LogP contribution in [-0.2, 0) is 16.6 Å². The van der Waals surface area contributed by atoms with Gasteiger partial charge in [0.1, 0.15) is 6.04 Å². The normalized spacial score (nSPS) is 24.1. The van der Waals surface area contributed by atoms with E-state index in [-0.39, 0.29) is 22.5 Å². The van der Waals surface area contributed by atoms with E-state index in [1.54, 1.807) is 64.9 Å². The third kappa shape index (κ3) is 3.03. The zero-order chi connectivity index (χ0) is 19.2. The number of hydrogen-bond donors (Lipinski definition) is 1. The molecule has 0 spiro atoms. The molecule has 2 atom stereocenters. The average molecular weight is 384 g/mol. The molecule has 1 aromatic carbocycles. The number of carbonyl (C=O) groups is 3. The Bertz CT molecular complexity index is 923. The summed E-state index contributed by atoms with van der Waals surface area (Å²) in [6.45, 7) is 2.02. The first kappa shape index (κ1) is 17.8. The van der Waals surface area contributed by atoms with Gasteiger partial charge in [-0.05, 0) is 37.6 Å². The molecular formula is C19H20N4O3S. The molecule has 1 aromatic heterocycles. The molecular weight excluding hydrogens is 364 g/mol. The Balaban J connectivity index is 1.46. The van der Waals surface area contributed by atoms with Crippen molar-refractivity contribution in [1.29, 1.82) is 0 Å². The highest BCUT2D eigenvalue weighted by Crippen LogP contribution is 2.47. The lowest BCUT2D eigenvalue weighted by Gasteiger charge is -2.29. The van der Waals surface area contributed by atoms with Crippen LogP contribution in [0.1, 0.15) is 35.9 Å². The van der Waals surface area contributed by atoms with E-state index >= 15 is 0 Å². The number of thioether (sulfide) groups is 1. The molecule has 2 amide bonds. The fourth-order valence-electron chi connectivity index (χ4n) is 3.66. The lowest BCUT2D eigenvalue weighted by atomic mass is 10.1. The van der Waals surface area contributed by atoms with E-state index in [2.05, 4.69) is 10.3 Å². The number of anilines is 1. The number of imidazole rings is 1. The number of rotatable bonds is 4. The summed E-state index contributed by atoms with van der Waals surface area (Å²) in [4.78, 5) is 42.8. The second-order valence-electron chi connectivity index (χ2n) is 7.02. The zero-order valence-corrected chi connectivity index (χ0v) is 16.0. The van der Waals surface area contributed by atoms with Crippen LogP contribution in [0.3, 0.4) is 0 Å². The van der Waals surface area contributed by atoms with Crippen molar-refractivity contribution in [1.82, 2.24) is 14.5 Å². The first-order chi connectivity index (χ1) is 12.9. The standard InChI is InChI=1S/C19H20N4O3S/c1-19-8-7-15(24)23(19)14(11-27-19)18(26)21-13-5-3-12(4-6-13)16(25)17-20-9-10-22(17)2/h3-6,9-10,14H,7-8,11H2,1-2H3,(H,21,26)/t14-,19+/m0/s1. The van der Waals surface area contributed by atoms with Gasteiger partial charge in [0.2, 0.25) is 17.6 Å². The molecule has 1 N–H and O–H groups in total. The summed E-state index contributed by atoms with van der Waals surface area (Å²) >= 11 is 1.66. The molecule has 8 heteroatoms. The minimum atomic E-state index is -0.455. The van der Waals surface area contributed by atoms with Crippen molar-refractivity contribution in [2.24, 2.45) is 7.05 Å². The van der Waals surface area contributed by atoms with Gasteiger partial charge >= 0.3 is 0 Å². The molecule has 2 aromatic rings. The maximum atomic E-state index is 12.7. The van der Waals surface area contributed by atoms with Crippen molar-refractivity contribution in [3.8, 4) is 0 Å². The van der Waals surface area contributed by atoms with Crippen LogP contribution in [-0.4, -0.2) is 48.7 Å². The predicted octanol–water partition coefficient (Wildman–Crippen LogP) is 2.04. The Hall–Kier alpha value is -2.61. The fraction of sp³-hybridized carbons (Fsp3) is 0.368. The quantitative estimate of drug-likeness (QED) is 0.816. The van der Waals surface area contributed by atoms with Crippen LogP contribution in [0.5, 0.6) is 0 Å². The molecule has 2 aliphatic heterocycles. The number of nitrogens with one attached hydrogen (secondary N) is 1. The largest absolute Gasteiger partial charge is 0.331 e. The van der Waals surface area contributed by atoms with Gasteiger partial charge in [0.25, 0.3) is 0 Å². The second kappa shape index (κ2) is 6.53. The number of nitrogens with zero attached hydrogens (tertiary/aromatic N) is 3. The van der Waals surface area contributed by atoms with Gasteiger partial charge in [-0.15, -0.1) is 11.8 Å². The number of benzene rings is 1. The maximum Gasteiger partial charge on any atom is 0.248 e. The maximum absolute atomic E-state index is 12.7. The summed E-state index contributed by atoms with van der Waals surface area (Å²) in [6.07, 6.45) is 4.57. The Kier molecular flexibility index (Phi) is 4.30. The van der Waals surface area contributed by atoms with E-state index in [0.717, 1.165) is 6.42 Å². The number of aryl methyl sites for hydroxylation is 1. The molecule has 0 bridgehead atoms. The number of carbonyl (C=O) groups excluding carboxylic acids is 3. The number of aromatic nitrogens is 2. The Morgan fingerprint density at radius 3 is 2.70 bits per heavy atom.